The first-order valence-electron chi connectivity index (χ1n) is 9.05. The molecule has 1 saturated heterocycles. The molecule has 2 heterocycles. The van der Waals surface area contributed by atoms with Gasteiger partial charge in [-0.05, 0) is 27.7 Å². The van der Waals surface area contributed by atoms with Crippen LogP contribution >= 0.6 is 24.0 Å². The number of hydrogen-bond acceptors (Lipinski definition) is 5. The van der Waals surface area contributed by atoms with Crippen molar-refractivity contribution in [2.75, 3.05) is 46.4 Å². The number of aromatic nitrogens is 1. The lowest BCUT2D eigenvalue weighted by Crippen LogP contribution is -2.56. The summed E-state index contributed by atoms with van der Waals surface area (Å²) in [7, 11) is 1.80. The summed E-state index contributed by atoms with van der Waals surface area (Å²) in [6.45, 7) is 15.8. The second-order valence-electron chi connectivity index (χ2n) is 7.36. The predicted molar refractivity (Wildman–Crippen MR) is 116 cm³/mol. The monoisotopic (exact) mass is 479 g/mol. The van der Waals surface area contributed by atoms with Crippen LogP contribution in [0.2, 0.25) is 0 Å². The van der Waals surface area contributed by atoms with E-state index in [9.17, 15) is 0 Å². The minimum atomic E-state index is 0. The molecule has 0 spiro atoms. The standard InChI is InChI=1S/C18H33N5O2.HI/c1-13(16-14(2)22-25-15(16)3)11-20-17(19-6)21-12-18(4,5)23-7-9-24-10-8-23;/h13H,7-12H2,1-6H3,(H2,19,20,21);1H. The second kappa shape index (κ2) is 10.5. The van der Waals surface area contributed by atoms with Gasteiger partial charge in [0.05, 0.1) is 18.9 Å². The molecule has 0 saturated carbocycles. The van der Waals surface area contributed by atoms with Crippen molar-refractivity contribution in [1.29, 1.82) is 0 Å². The molecule has 8 heteroatoms. The Morgan fingerprint density at radius 1 is 1.27 bits per heavy atom. The number of aryl methyl sites for hydroxylation is 2. The van der Waals surface area contributed by atoms with Crippen molar-refractivity contribution in [2.45, 2.75) is 46.1 Å². The summed E-state index contributed by atoms with van der Waals surface area (Å²) < 4.78 is 10.7. The molecule has 1 aliphatic rings. The molecule has 1 aliphatic heterocycles. The normalized spacial score (nSPS) is 17.5. The fourth-order valence-corrected chi connectivity index (χ4v) is 3.35. The minimum absolute atomic E-state index is 0. The van der Waals surface area contributed by atoms with Crippen LogP contribution in [0.4, 0.5) is 0 Å². The van der Waals surface area contributed by atoms with Crippen molar-refractivity contribution < 1.29 is 9.26 Å². The molecule has 0 amide bonds. The molecule has 1 unspecified atom stereocenters. The maximum Gasteiger partial charge on any atom is 0.191 e. The van der Waals surface area contributed by atoms with Gasteiger partial charge in [0.2, 0.25) is 0 Å². The average molecular weight is 479 g/mol. The van der Waals surface area contributed by atoms with Crippen LogP contribution in [-0.4, -0.2) is 68.0 Å². The summed E-state index contributed by atoms with van der Waals surface area (Å²) in [4.78, 5) is 6.81. The van der Waals surface area contributed by atoms with E-state index in [1.165, 1.54) is 5.56 Å². The van der Waals surface area contributed by atoms with Crippen LogP contribution < -0.4 is 10.6 Å². The third kappa shape index (κ3) is 6.09. The molecule has 0 aliphatic carbocycles. The summed E-state index contributed by atoms with van der Waals surface area (Å²) in [6, 6.07) is 0. The molecular weight excluding hydrogens is 445 g/mol. The number of rotatable bonds is 6. The van der Waals surface area contributed by atoms with Gasteiger partial charge < -0.3 is 19.9 Å². The molecule has 0 radical (unpaired) electrons. The first-order valence-corrected chi connectivity index (χ1v) is 9.05. The van der Waals surface area contributed by atoms with Crippen LogP contribution in [0.25, 0.3) is 0 Å². The Morgan fingerprint density at radius 3 is 2.46 bits per heavy atom. The van der Waals surface area contributed by atoms with Crippen LogP contribution in [0.15, 0.2) is 9.52 Å². The zero-order valence-electron chi connectivity index (χ0n) is 16.9. The van der Waals surface area contributed by atoms with Crippen molar-refractivity contribution in [1.82, 2.24) is 20.7 Å². The number of morpholine rings is 1. The summed E-state index contributed by atoms with van der Waals surface area (Å²) in [6.07, 6.45) is 0. The van der Waals surface area contributed by atoms with E-state index in [0.717, 1.165) is 56.8 Å². The van der Waals surface area contributed by atoms with Crippen molar-refractivity contribution in [3.8, 4) is 0 Å². The Kier molecular flexibility index (Phi) is 9.32. The highest BCUT2D eigenvalue weighted by Crippen LogP contribution is 2.22. The van der Waals surface area contributed by atoms with Crippen molar-refractivity contribution in [2.24, 2.45) is 4.99 Å². The van der Waals surface area contributed by atoms with Crippen molar-refractivity contribution in [3.05, 3.63) is 17.0 Å². The molecule has 1 aromatic heterocycles. The van der Waals surface area contributed by atoms with Crippen LogP contribution in [0.3, 0.4) is 0 Å². The van der Waals surface area contributed by atoms with Crippen LogP contribution in [0.5, 0.6) is 0 Å². The van der Waals surface area contributed by atoms with Gasteiger partial charge >= 0.3 is 0 Å². The number of nitrogens with one attached hydrogen (secondary N) is 2. The number of aliphatic imine (C=N–C) groups is 1. The Bertz CT molecular complexity index is 563. The van der Waals surface area contributed by atoms with Gasteiger partial charge in [-0.3, -0.25) is 9.89 Å². The molecule has 1 aromatic rings. The van der Waals surface area contributed by atoms with Crippen molar-refractivity contribution >= 4 is 29.9 Å². The minimum Gasteiger partial charge on any atom is -0.379 e. The summed E-state index contributed by atoms with van der Waals surface area (Å²) in [5.74, 6) is 2.01. The van der Waals surface area contributed by atoms with Crippen LogP contribution in [0.1, 0.15) is 43.7 Å². The van der Waals surface area contributed by atoms with Gasteiger partial charge in [-0.15, -0.1) is 24.0 Å². The molecule has 150 valence electrons. The number of hydrogen-bond donors (Lipinski definition) is 2. The van der Waals surface area contributed by atoms with E-state index in [4.69, 9.17) is 9.26 Å². The Balaban J connectivity index is 0.00000338. The van der Waals surface area contributed by atoms with E-state index in [1.54, 1.807) is 7.05 Å². The third-order valence-electron chi connectivity index (χ3n) is 4.94. The Morgan fingerprint density at radius 2 is 1.92 bits per heavy atom. The van der Waals surface area contributed by atoms with Crippen LogP contribution in [0, 0.1) is 13.8 Å². The maximum absolute atomic E-state index is 5.45. The molecule has 1 atom stereocenters. The zero-order chi connectivity index (χ0) is 18.4. The fraction of sp³-hybridized carbons (Fsp3) is 0.778. The number of ether oxygens (including phenoxy) is 1. The average Bonchev–Trinajstić information content (AvgIpc) is 2.94. The SMILES string of the molecule is CN=C(NCC(C)c1c(C)noc1C)NCC(C)(C)N1CCOCC1.I. The van der Waals surface area contributed by atoms with Gasteiger partial charge in [0, 0.05) is 50.2 Å². The summed E-state index contributed by atoms with van der Waals surface area (Å²) >= 11 is 0. The van der Waals surface area contributed by atoms with E-state index in [2.05, 4.69) is 46.5 Å². The number of guanidine groups is 1. The first kappa shape index (κ1) is 23.2. The lowest BCUT2D eigenvalue weighted by molar-refractivity contribution is -0.00834. The quantitative estimate of drug-likeness (QED) is 0.371. The topological polar surface area (TPSA) is 74.9 Å². The van der Waals surface area contributed by atoms with E-state index in [-0.39, 0.29) is 29.5 Å². The van der Waals surface area contributed by atoms with E-state index in [0.29, 0.717) is 5.92 Å². The van der Waals surface area contributed by atoms with Gasteiger partial charge in [0.25, 0.3) is 0 Å². The molecule has 26 heavy (non-hydrogen) atoms. The fourth-order valence-electron chi connectivity index (χ4n) is 3.35. The highest BCUT2D eigenvalue weighted by atomic mass is 127. The summed E-state index contributed by atoms with van der Waals surface area (Å²) in [5.41, 5.74) is 2.19. The second-order valence-corrected chi connectivity index (χ2v) is 7.36. The smallest absolute Gasteiger partial charge is 0.191 e. The molecule has 2 N–H and O–H groups in total. The van der Waals surface area contributed by atoms with Gasteiger partial charge in [-0.2, -0.15) is 0 Å². The molecule has 0 bridgehead atoms. The summed E-state index contributed by atoms with van der Waals surface area (Å²) in [5, 5.41) is 10.9. The van der Waals surface area contributed by atoms with Gasteiger partial charge in [0.15, 0.2) is 5.96 Å². The van der Waals surface area contributed by atoms with Crippen molar-refractivity contribution in [3.63, 3.8) is 0 Å². The Labute approximate surface area is 174 Å². The highest BCUT2D eigenvalue weighted by molar-refractivity contribution is 14.0. The van der Waals surface area contributed by atoms with Gasteiger partial charge in [0.1, 0.15) is 5.76 Å². The predicted octanol–water partition coefficient (Wildman–Crippen LogP) is 2.29. The molecule has 7 nitrogen and oxygen atoms in total. The molecule has 1 fully saturated rings. The lowest BCUT2D eigenvalue weighted by Gasteiger charge is -2.41. The zero-order valence-corrected chi connectivity index (χ0v) is 19.2. The molecule has 2 rings (SSSR count). The van der Waals surface area contributed by atoms with E-state index in [1.807, 2.05) is 13.8 Å². The van der Waals surface area contributed by atoms with Gasteiger partial charge in [-0.25, -0.2) is 0 Å². The molecular formula is C18H34IN5O2. The van der Waals surface area contributed by atoms with E-state index >= 15 is 0 Å². The van der Waals surface area contributed by atoms with E-state index < -0.39 is 0 Å². The van der Waals surface area contributed by atoms with Gasteiger partial charge in [-0.1, -0.05) is 12.1 Å². The third-order valence-corrected chi connectivity index (χ3v) is 4.94. The first-order chi connectivity index (χ1) is 11.8. The highest BCUT2D eigenvalue weighted by Gasteiger charge is 2.28. The molecule has 0 aromatic carbocycles. The Hall–Kier alpha value is -0.870. The maximum atomic E-state index is 5.45. The largest absolute Gasteiger partial charge is 0.379 e. The lowest BCUT2D eigenvalue weighted by atomic mass is 9.99. The number of nitrogens with zero attached hydrogens (tertiary/aromatic N) is 3. The van der Waals surface area contributed by atoms with Crippen LogP contribution in [-0.2, 0) is 4.74 Å². The number of halogens is 1.